The molecule has 0 spiro atoms. The Labute approximate surface area is 123 Å². The molecule has 0 aromatic heterocycles. The van der Waals surface area contributed by atoms with E-state index in [9.17, 15) is 9.90 Å². The molecular weight excluding hydrogens is 250 g/mol. The Morgan fingerprint density at radius 3 is 2.50 bits per heavy atom. The van der Waals surface area contributed by atoms with Gasteiger partial charge in [-0.25, -0.2) is 0 Å². The van der Waals surface area contributed by atoms with Gasteiger partial charge in [-0.05, 0) is 56.3 Å². The van der Waals surface area contributed by atoms with Crippen LogP contribution in [-0.2, 0) is 4.79 Å². The van der Waals surface area contributed by atoms with Gasteiger partial charge in [0.05, 0.1) is 6.10 Å². The lowest BCUT2D eigenvalue weighted by atomic mass is 9.76. The quantitative estimate of drug-likeness (QED) is 0.832. The van der Waals surface area contributed by atoms with Gasteiger partial charge in [0.1, 0.15) is 0 Å². The fraction of sp³-hybridized carbons (Fsp3) is 0.941. The SMILES string of the molecule is CC(C)C1CCCC(C(=O)NCC2CCC(O)CC2)C1. The van der Waals surface area contributed by atoms with Crippen LogP contribution in [0.2, 0.25) is 0 Å². The van der Waals surface area contributed by atoms with Crippen molar-refractivity contribution in [2.75, 3.05) is 6.54 Å². The molecule has 3 heteroatoms. The van der Waals surface area contributed by atoms with Gasteiger partial charge in [-0.1, -0.05) is 26.7 Å². The first kappa shape index (κ1) is 15.8. The van der Waals surface area contributed by atoms with Crippen molar-refractivity contribution in [2.45, 2.75) is 71.3 Å². The van der Waals surface area contributed by atoms with E-state index >= 15 is 0 Å². The Hall–Kier alpha value is -0.570. The normalized spacial score (nSPS) is 35.0. The Bertz CT molecular complexity index is 308. The molecule has 0 aromatic carbocycles. The smallest absolute Gasteiger partial charge is 0.223 e. The summed E-state index contributed by atoms with van der Waals surface area (Å²) < 4.78 is 0. The van der Waals surface area contributed by atoms with Gasteiger partial charge in [0.15, 0.2) is 0 Å². The molecule has 0 bridgehead atoms. The highest BCUT2D eigenvalue weighted by Crippen LogP contribution is 2.33. The summed E-state index contributed by atoms with van der Waals surface area (Å²) in [5, 5.41) is 12.7. The Morgan fingerprint density at radius 1 is 1.15 bits per heavy atom. The Morgan fingerprint density at radius 2 is 1.85 bits per heavy atom. The van der Waals surface area contributed by atoms with Crippen LogP contribution in [0.3, 0.4) is 0 Å². The number of carbonyl (C=O) groups excluding carboxylic acids is 1. The number of carbonyl (C=O) groups is 1. The summed E-state index contributed by atoms with van der Waals surface area (Å²) in [6.45, 7) is 5.37. The summed E-state index contributed by atoms with van der Waals surface area (Å²) >= 11 is 0. The van der Waals surface area contributed by atoms with Gasteiger partial charge in [0.2, 0.25) is 5.91 Å². The van der Waals surface area contributed by atoms with Crippen molar-refractivity contribution in [1.82, 2.24) is 5.32 Å². The lowest BCUT2D eigenvalue weighted by Gasteiger charge is -2.31. The van der Waals surface area contributed by atoms with Crippen LogP contribution in [0.1, 0.15) is 65.2 Å². The highest BCUT2D eigenvalue weighted by atomic mass is 16.3. The lowest BCUT2D eigenvalue weighted by molar-refractivity contribution is -0.126. The number of aliphatic hydroxyl groups is 1. The van der Waals surface area contributed by atoms with Crippen LogP contribution in [0.25, 0.3) is 0 Å². The van der Waals surface area contributed by atoms with E-state index in [2.05, 4.69) is 19.2 Å². The minimum atomic E-state index is -0.105. The van der Waals surface area contributed by atoms with Crippen molar-refractivity contribution in [3.8, 4) is 0 Å². The van der Waals surface area contributed by atoms with Crippen molar-refractivity contribution in [3.05, 3.63) is 0 Å². The van der Waals surface area contributed by atoms with Gasteiger partial charge >= 0.3 is 0 Å². The topological polar surface area (TPSA) is 49.3 Å². The maximum atomic E-state index is 12.3. The van der Waals surface area contributed by atoms with E-state index in [1.807, 2.05) is 0 Å². The van der Waals surface area contributed by atoms with Gasteiger partial charge in [0, 0.05) is 12.5 Å². The second-order valence-corrected chi connectivity index (χ2v) is 7.29. The maximum Gasteiger partial charge on any atom is 0.223 e. The number of hydrogen-bond donors (Lipinski definition) is 2. The summed E-state index contributed by atoms with van der Waals surface area (Å²) in [6, 6.07) is 0. The number of rotatable bonds is 4. The molecule has 3 nitrogen and oxygen atoms in total. The van der Waals surface area contributed by atoms with E-state index in [0.717, 1.165) is 51.0 Å². The zero-order chi connectivity index (χ0) is 14.5. The minimum absolute atomic E-state index is 0.105. The molecule has 0 radical (unpaired) electrons. The van der Waals surface area contributed by atoms with Gasteiger partial charge in [-0.3, -0.25) is 4.79 Å². The van der Waals surface area contributed by atoms with Crippen LogP contribution < -0.4 is 5.32 Å². The standard InChI is InChI=1S/C17H31NO2/c1-12(2)14-4-3-5-15(10-14)17(20)18-11-13-6-8-16(19)9-7-13/h12-16,19H,3-11H2,1-2H3,(H,18,20). The number of amides is 1. The molecule has 2 saturated carbocycles. The zero-order valence-electron chi connectivity index (χ0n) is 13.1. The summed E-state index contributed by atoms with van der Waals surface area (Å²) in [5.41, 5.74) is 0. The summed E-state index contributed by atoms with van der Waals surface area (Å²) in [4.78, 5) is 12.3. The third-order valence-corrected chi connectivity index (χ3v) is 5.41. The van der Waals surface area contributed by atoms with E-state index in [0.29, 0.717) is 11.8 Å². The molecule has 2 rings (SSSR count). The maximum absolute atomic E-state index is 12.3. The summed E-state index contributed by atoms with van der Waals surface area (Å²) in [6.07, 6.45) is 8.46. The van der Waals surface area contributed by atoms with Crippen LogP contribution >= 0.6 is 0 Å². The first-order valence-electron chi connectivity index (χ1n) is 8.52. The molecule has 0 aromatic rings. The lowest BCUT2D eigenvalue weighted by Crippen LogP contribution is -2.38. The molecular formula is C17H31NO2. The molecule has 0 saturated heterocycles. The molecule has 2 N–H and O–H groups in total. The van der Waals surface area contributed by atoms with Crippen LogP contribution in [0.4, 0.5) is 0 Å². The first-order chi connectivity index (χ1) is 9.56. The molecule has 0 heterocycles. The zero-order valence-corrected chi connectivity index (χ0v) is 13.1. The molecule has 2 aliphatic rings. The predicted molar refractivity (Wildman–Crippen MR) is 81.3 cm³/mol. The molecule has 20 heavy (non-hydrogen) atoms. The third kappa shape index (κ3) is 4.47. The average molecular weight is 281 g/mol. The van der Waals surface area contributed by atoms with Gasteiger partial charge in [-0.15, -0.1) is 0 Å². The van der Waals surface area contributed by atoms with Crippen molar-refractivity contribution in [1.29, 1.82) is 0 Å². The second-order valence-electron chi connectivity index (χ2n) is 7.29. The molecule has 116 valence electrons. The summed E-state index contributed by atoms with van der Waals surface area (Å²) in [7, 11) is 0. The molecule has 0 aliphatic heterocycles. The van der Waals surface area contributed by atoms with Crippen molar-refractivity contribution < 1.29 is 9.90 Å². The monoisotopic (exact) mass is 281 g/mol. The number of hydrogen-bond acceptors (Lipinski definition) is 2. The Kier molecular flexibility index (Phi) is 5.88. The highest BCUT2D eigenvalue weighted by molar-refractivity contribution is 5.78. The van der Waals surface area contributed by atoms with Gasteiger partial charge < -0.3 is 10.4 Å². The largest absolute Gasteiger partial charge is 0.393 e. The second kappa shape index (κ2) is 7.44. The van der Waals surface area contributed by atoms with Crippen molar-refractivity contribution in [2.24, 2.45) is 23.7 Å². The van der Waals surface area contributed by atoms with E-state index in [-0.39, 0.29) is 17.9 Å². The van der Waals surface area contributed by atoms with E-state index in [4.69, 9.17) is 0 Å². The number of aliphatic hydroxyl groups excluding tert-OH is 1. The minimum Gasteiger partial charge on any atom is -0.393 e. The molecule has 2 fully saturated rings. The first-order valence-corrected chi connectivity index (χ1v) is 8.52. The van der Waals surface area contributed by atoms with E-state index in [1.165, 1.54) is 12.8 Å². The van der Waals surface area contributed by atoms with Gasteiger partial charge in [-0.2, -0.15) is 0 Å². The van der Waals surface area contributed by atoms with Crippen LogP contribution in [0.15, 0.2) is 0 Å². The van der Waals surface area contributed by atoms with Crippen LogP contribution in [0.5, 0.6) is 0 Å². The molecule has 2 atom stereocenters. The molecule has 2 unspecified atom stereocenters. The fourth-order valence-electron chi connectivity index (χ4n) is 3.81. The van der Waals surface area contributed by atoms with Crippen molar-refractivity contribution >= 4 is 5.91 Å². The number of nitrogens with one attached hydrogen (secondary N) is 1. The molecule has 1 amide bonds. The van der Waals surface area contributed by atoms with E-state index < -0.39 is 0 Å². The van der Waals surface area contributed by atoms with Crippen LogP contribution in [0, 0.1) is 23.7 Å². The highest BCUT2D eigenvalue weighted by Gasteiger charge is 2.29. The predicted octanol–water partition coefficient (Wildman–Crippen LogP) is 3.12. The van der Waals surface area contributed by atoms with Gasteiger partial charge in [0.25, 0.3) is 0 Å². The van der Waals surface area contributed by atoms with Crippen molar-refractivity contribution in [3.63, 3.8) is 0 Å². The van der Waals surface area contributed by atoms with Crippen LogP contribution in [-0.4, -0.2) is 23.7 Å². The fourth-order valence-corrected chi connectivity index (χ4v) is 3.81. The van der Waals surface area contributed by atoms with E-state index in [1.54, 1.807) is 0 Å². The third-order valence-electron chi connectivity index (χ3n) is 5.41. The Balaban J connectivity index is 1.71. The average Bonchev–Trinajstić information content (AvgIpc) is 2.46. The molecule has 2 aliphatic carbocycles. The summed E-state index contributed by atoms with van der Waals surface area (Å²) in [5.74, 6) is 2.52.